The Morgan fingerprint density at radius 2 is 2.00 bits per heavy atom. The Labute approximate surface area is 100 Å². The second kappa shape index (κ2) is 4.82. The van der Waals surface area contributed by atoms with E-state index < -0.39 is 0 Å². The van der Waals surface area contributed by atoms with Gasteiger partial charge in [0.25, 0.3) is 5.91 Å². The van der Waals surface area contributed by atoms with Crippen LogP contribution in [-0.2, 0) is 13.6 Å². The van der Waals surface area contributed by atoms with E-state index in [0.717, 1.165) is 11.3 Å². The van der Waals surface area contributed by atoms with Gasteiger partial charge in [-0.1, -0.05) is 17.7 Å². The van der Waals surface area contributed by atoms with E-state index in [4.69, 9.17) is 0 Å². The number of amides is 1. The van der Waals surface area contributed by atoms with Crippen LogP contribution >= 0.6 is 0 Å². The normalized spacial score (nSPS) is 10.2. The van der Waals surface area contributed by atoms with Crippen LogP contribution in [0.5, 0.6) is 0 Å². The fraction of sp³-hybridized carbons (Fsp3) is 0.231. The van der Waals surface area contributed by atoms with Crippen LogP contribution in [0, 0.1) is 6.92 Å². The minimum Gasteiger partial charge on any atom is -0.346 e. The summed E-state index contributed by atoms with van der Waals surface area (Å²) in [6, 6.07) is 9.40. The Kier molecular flexibility index (Phi) is 3.23. The van der Waals surface area contributed by atoms with Crippen LogP contribution in [-0.4, -0.2) is 15.7 Å². The summed E-state index contributed by atoms with van der Waals surface area (Å²) in [6.45, 7) is 2.49. The maximum Gasteiger partial charge on any atom is 0.251 e. The molecule has 0 aliphatic rings. The molecule has 1 heterocycles. The van der Waals surface area contributed by atoms with Gasteiger partial charge in [-0.2, -0.15) is 5.10 Å². The van der Waals surface area contributed by atoms with Crippen molar-refractivity contribution in [2.45, 2.75) is 13.5 Å². The molecule has 0 spiro atoms. The second-order valence-electron chi connectivity index (χ2n) is 3.99. The Hall–Kier alpha value is -2.10. The predicted octanol–water partition coefficient (Wildman–Crippen LogP) is 1.66. The molecule has 0 radical (unpaired) electrons. The predicted molar refractivity (Wildman–Crippen MR) is 65.6 cm³/mol. The highest BCUT2D eigenvalue weighted by Gasteiger charge is 2.05. The molecule has 1 aromatic carbocycles. The number of nitrogens with one attached hydrogen (secondary N) is 1. The van der Waals surface area contributed by atoms with E-state index in [1.54, 1.807) is 10.9 Å². The Balaban J connectivity index is 1.98. The third kappa shape index (κ3) is 2.72. The van der Waals surface area contributed by atoms with Crippen LogP contribution in [0.25, 0.3) is 0 Å². The zero-order valence-electron chi connectivity index (χ0n) is 9.97. The van der Waals surface area contributed by atoms with Gasteiger partial charge in [-0.25, -0.2) is 0 Å². The molecule has 2 rings (SSSR count). The monoisotopic (exact) mass is 229 g/mol. The van der Waals surface area contributed by atoms with Crippen LogP contribution in [0.4, 0.5) is 0 Å². The van der Waals surface area contributed by atoms with Crippen LogP contribution < -0.4 is 5.32 Å². The lowest BCUT2D eigenvalue weighted by Crippen LogP contribution is -2.23. The Morgan fingerprint density at radius 1 is 1.29 bits per heavy atom. The molecule has 0 saturated heterocycles. The highest BCUT2D eigenvalue weighted by molar-refractivity contribution is 5.94. The van der Waals surface area contributed by atoms with Gasteiger partial charge < -0.3 is 5.32 Å². The summed E-state index contributed by atoms with van der Waals surface area (Å²) in [7, 11) is 1.85. The first kappa shape index (κ1) is 11.4. The van der Waals surface area contributed by atoms with E-state index >= 15 is 0 Å². The summed E-state index contributed by atoms with van der Waals surface area (Å²) < 4.78 is 1.75. The molecule has 2 aromatic rings. The van der Waals surface area contributed by atoms with Crippen LogP contribution in [0.3, 0.4) is 0 Å². The molecule has 0 unspecified atom stereocenters. The fourth-order valence-corrected chi connectivity index (χ4v) is 1.55. The van der Waals surface area contributed by atoms with Gasteiger partial charge in [0, 0.05) is 18.8 Å². The molecule has 0 aliphatic carbocycles. The highest BCUT2D eigenvalue weighted by Crippen LogP contribution is 2.03. The molecule has 0 atom stereocenters. The zero-order chi connectivity index (χ0) is 12.3. The van der Waals surface area contributed by atoms with Gasteiger partial charge in [-0.15, -0.1) is 0 Å². The minimum absolute atomic E-state index is 0.0637. The van der Waals surface area contributed by atoms with Crippen molar-refractivity contribution in [2.24, 2.45) is 7.05 Å². The number of rotatable bonds is 3. The molecule has 1 N–H and O–H groups in total. The molecule has 0 fully saturated rings. The summed E-state index contributed by atoms with van der Waals surface area (Å²) in [5, 5.41) is 6.91. The topological polar surface area (TPSA) is 46.9 Å². The average Bonchev–Trinajstić information content (AvgIpc) is 2.73. The van der Waals surface area contributed by atoms with Crippen molar-refractivity contribution in [1.82, 2.24) is 15.1 Å². The van der Waals surface area contributed by atoms with Crippen molar-refractivity contribution in [3.63, 3.8) is 0 Å². The van der Waals surface area contributed by atoms with Crippen molar-refractivity contribution in [2.75, 3.05) is 0 Å². The van der Waals surface area contributed by atoms with Gasteiger partial charge in [-0.05, 0) is 25.1 Å². The van der Waals surface area contributed by atoms with Crippen molar-refractivity contribution in [3.05, 3.63) is 53.3 Å². The standard InChI is InChI=1S/C13H15N3O/c1-10-3-5-11(6-4-10)13(17)14-9-12-7-8-15-16(12)2/h3-8H,9H2,1-2H3,(H,14,17). The smallest absolute Gasteiger partial charge is 0.251 e. The largest absolute Gasteiger partial charge is 0.346 e. The summed E-state index contributed by atoms with van der Waals surface area (Å²) in [5.41, 5.74) is 2.80. The van der Waals surface area contributed by atoms with Gasteiger partial charge >= 0.3 is 0 Å². The lowest BCUT2D eigenvalue weighted by molar-refractivity contribution is 0.0950. The van der Waals surface area contributed by atoms with Crippen molar-refractivity contribution in [1.29, 1.82) is 0 Å². The SMILES string of the molecule is Cc1ccc(C(=O)NCc2ccnn2C)cc1. The molecule has 1 amide bonds. The first-order chi connectivity index (χ1) is 8.16. The second-order valence-corrected chi connectivity index (χ2v) is 3.99. The number of aromatic nitrogens is 2. The van der Waals surface area contributed by atoms with Crippen molar-refractivity contribution < 1.29 is 4.79 Å². The third-order valence-corrected chi connectivity index (χ3v) is 2.67. The quantitative estimate of drug-likeness (QED) is 0.870. The summed E-state index contributed by atoms with van der Waals surface area (Å²) in [4.78, 5) is 11.8. The van der Waals surface area contributed by atoms with Gasteiger partial charge in [-0.3, -0.25) is 9.48 Å². The summed E-state index contributed by atoms with van der Waals surface area (Å²) in [6.07, 6.45) is 1.72. The maximum absolute atomic E-state index is 11.8. The van der Waals surface area contributed by atoms with Crippen LogP contribution in [0.15, 0.2) is 36.5 Å². The molecule has 0 saturated carbocycles. The van der Waals surface area contributed by atoms with E-state index in [1.807, 2.05) is 44.3 Å². The average molecular weight is 229 g/mol. The molecule has 0 aliphatic heterocycles. The van der Waals surface area contributed by atoms with E-state index in [1.165, 1.54) is 0 Å². The Morgan fingerprint density at radius 3 is 2.59 bits per heavy atom. The highest BCUT2D eigenvalue weighted by atomic mass is 16.1. The first-order valence-electron chi connectivity index (χ1n) is 5.48. The van der Waals surface area contributed by atoms with E-state index in [9.17, 15) is 4.79 Å². The molecule has 1 aromatic heterocycles. The third-order valence-electron chi connectivity index (χ3n) is 2.67. The van der Waals surface area contributed by atoms with Crippen molar-refractivity contribution in [3.8, 4) is 0 Å². The number of hydrogen-bond donors (Lipinski definition) is 1. The van der Waals surface area contributed by atoms with E-state index in [0.29, 0.717) is 12.1 Å². The lowest BCUT2D eigenvalue weighted by Gasteiger charge is -2.05. The summed E-state index contributed by atoms with van der Waals surface area (Å²) in [5.74, 6) is -0.0637. The number of benzene rings is 1. The van der Waals surface area contributed by atoms with Crippen LogP contribution in [0.2, 0.25) is 0 Å². The van der Waals surface area contributed by atoms with Gasteiger partial charge in [0.15, 0.2) is 0 Å². The molecule has 17 heavy (non-hydrogen) atoms. The molecule has 88 valence electrons. The van der Waals surface area contributed by atoms with Gasteiger partial charge in [0.2, 0.25) is 0 Å². The van der Waals surface area contributed by atoms with Gasteiger partial charge in [0.1, 0.15) is 0 Å². The fourth-order valence-electron chi connectivity index (χ4n) is 1.55. The van der Waals surface area contributed by atoms with Crippen molar-refractivity contribution >= 4 is 5.91 Å². The molecule has 4 heteroatoms. The number of carbonyl (C=O) groups excluding carboxylic acids is 1. The number of hydrogen-bond acceptors (Lipinski definition) is 2. The molecular weight excluding hydrogens is 214 g/mol. The zero-order valence-corrected chi connectivity index (χ0v) is 9.97. The molecular formula is C13H15N3O. The number of aryl methyl sites for hydroxylation is 2. The maximum atomic E-state index is 11.8. The molecule has 0 bridgehead atoms. The number of nitrogens with zero attached hydrogens (tertiary/aromatic N) is 2. The van der Waals surface area contributed by atoms with Crippen LogP contribution in [0.1, 0.15) is 21.6 Å². The first-order valence-corrected chi connectivity index (χ1v) is 5.48. The van der Waals surface area contributed by atoms with Gasteiger partial charge in [0.05, 0.1) is 12.2 Å². The lowest BCUT2D eigenvalue weighted by atomic mass is 10.1. The Bertz CT molecular complexity index is 514. The minimum atomic E-state index is -0.0637. The van der Waals surface area contributed by atoms with E-state index in [2.05, 4.69) is 10.4 Å². The summed E-state index contributed by atoms with van der Waals surface area (Å²) >= 11 is 0. The number of carbonyl (C=O) groups is 1. The molecule has 4 nitrogen and oxygen atoms in total. The van der Waals surface area contributed by atoms with E-state index in [-0.39, 0.29) is 5.91 Å².